The number of nitrogens with one attached hydrogen (secondary N) is 1. The van der Waals surface area contributed by atoms with Gasteiger partial charge in [0, 0.05) is 31.3 Å². The van der Waals surface area contributed by atoms with Crippen molar-refractivity contribution in [3.8, 4) is 0 Å². The average Bonchev–Trinajstić information content (AvgIpc) is 3.49. The third-order valence-corrected chi connectivity index (χ3v) is 7.77. The van der Waals surface area contributed by atoms with Crippen LogP contribution in [-0.2, 0) is 6.54 Å². The summed E-state index contributed by atoms with van der Waals surface area (Å²) in [5.41, 5.74) is 2.89. The third kappa shape index (κ3) is 4.90. The smallest absolute Gasteiger partial charge is 0.293 e. The first-order valence-electron chi connectivity index (χ1n) is 11.9. The van der Waals surface area contributed by atoms with Crippen LogP contribution in [0.15, 0.2) is 36.4 Å². The van der Waals surface area contributed by atoms with Crippen LogP contribution in [0.5, 0.6) is 0 Å². The first-order valence-corrected chi connectivity index (χ1v) is 12.7. The summed E-state index contributed by atoms with van der Waals surface area (Å²) in [7, 11) is 0. The Labute approximate surface area is 202 Å². The summed E-state index contributed by atoms with van der Waals surface area (Å²) in [6.07, 6.45) is 4.54. The van der Waals surface area contributed by atoms with E-state index in [1.54, 1.807) is 12.1 Å². The number of rotatable bonds is 6. The molecule has 2 aliphatic rings. The van der Waals surface area contributed by atoms with E-state index in [0.29, 0.717) is 10.8 Å². The number of piperidine rings is 1. The number of nitrogens with zero attached hydrogens (tertiary/aromatic N) is 4. The Morgan fingerprint density at radius 2 is 1.91 bits per heavy atom. The summed E-state index contributed by atoms with van der Waals surface area (Å²) in [6, 6.07) is 11.0. The lowest BCUT2D eigenvalue weighted by Gasteiger charge is -2.30. The third-order valence-electron chi connectivity index (χ3n) is 6.84. The molecule has 9 heteroatoms. The molecule has 0 radical (unpaired) electrons. The highest BCUT2D eigenvalue weighted by Crippen LogP contribution is 2.33. The lowest BCUT2D eigenvalue weighted by molar-refractivity contribution is -0.384. The molecule has 0 aliphatic carbocycles. The maximum atomic E-state index is 12.9. The number of hydrogen-bond acceptors (Lipinski definition) is 7. The summed E-state index contributed by atoms with van der Waals surface area (Å²) >= 11 is 1.43. The molecule has 8 nitrogen and oxygen atoms in total. The molecule has 0 spiro atoms. The summed E-state index contributed by atoms with van der Waals surface area (Å²) in [6.45, 7) is 7.11. The molecule has 3 aromatic rings. The largest absolute Gasteiger partial charge is 0.366 e. The van der Waals surface area contributed by atoms with E-state index in [9.17, 15) is 14.9 Å². The number of carbonyl (C=O) groups is 1. The highest BCUT2D eigenvalue weighted by atomic mass is 32.1. The van der Waals surface area contributed by atoms with E-state index >= 15 is 0 Å². The average molecular weight is 480 g/mol. The van der Waals surface area contributed by atoms with E-state index in [1.165, 1.54) is 35.8 Å². The molecule has 2 aliphatic heterocycles. The van der Waals surface area contributed by atoms with Gasteiger partial charge in [-0.1, -0.05) is 24.3 Å². The van der Waals surface area contributed by atoms with E-state index in [0.717, 1.165) is 61.7 Å². The Morgan fingerprint density at radius 1 is 1.15 bits per heavy atom. The summed E-state index contributed by atoms with van der Waals surface area (Å²) < 4.78 is 1.02. The molecule has 0 unspecified atom stereocenters. The minimum atomic E-state index is -0.410. The van der Waals surface area contributed by atoms with Gasteiger partial charge in [0.25, 0.3) is 11.6 Å². The summed E-state index contributed by atoms with van der Waals surface area (Å²) in [5, 5.41) is 15.0. The number of nitro benzene ring substituents is 1. The van der Waals surface area contributed by atoms with Crippen molar-refractivity contribution < 1.29 is 9.72 Å². The molecule has 0 bridgehead atoms. The topological polar surface area (TPSA) is 91.6 Å². The fraction of sp³-hybridized carbons (Fsp3) is 0.440. The van der Waals surface area contributed by atoms with Crippen molar-refractivity contribution in [3.05, 3.63) is 57.6 Å². The molecule has 0 atom stereocenters. The number of likely N-dealkylation sites (tertiary alicyclic amines) is 1. The Hall–Kier alpha value is -3.04. The van der Waals surface area contributed by atoms with Gasteiger partial charge in [-0.05, 0) is 74.5 Å². The van der Waals surface area contributed by atoms with E-state index in [1.807, 2.05) is 11.0 Å². The quantitative estimate of drug-likeness (QED) is 0.382. The Balaban J connectivity index is 1.30. The van der Waals surface area contributed by atoms with Crippen molar-refractivity contribution in [1.82, 2.24) is 9.88 Å². The van der Waals surface area contributed by atoms with Crippen molar-refractivity contribution in [3.63, 3.8) is 0 Å². The number of aromatic nitrogens is 1. The molecular formula is C25H29N5O3S. The Kier molecular flexibility index (Phi) is 6.47. The molecule has 3 heterocycles. The second-order valence-electron chi connectivity index (χ2n) is 9.39. The van der Waals surface area contributed by atoms with Gasteiger partial charge in [-0.3, -0.25) is 25.1 Å². The lowest BCUT2D eigenvalue weighted by atomic mass is 9.99. The standard InChI is InChI=1S/C25H29N5O3S/c1-17-8-12-28(13-9-17)16-18-4-6-20-23(14-18)34-25(26-20)27-24(31)19-5-7-21(22(15-19)30(32)33)29-10-2-3-11-29/h4-7,14-15,17H,2-3,8-13,16H2,1H3,(H,26,27,31). The molecule has 178 valence electrons. The number of benzene rings is 2. The zero-order chi connectivity index (χ0) is 23.7. The van der Waals surface area contributed by atoms with E-state index in [2.05, 4.69) is 34.3 Å². The van der Waals surface area contributed by atoms with Gasteiger partial charge in [-0.15, -0.1) is 0 Å². The molecule has 2 fully saturated rings. The molecule has 34 heavy (non-hydrogen) atoms. The first-order chi connectivity index (χ1) is 16.5. The molecule has 5 rings (SSSR count). The van der Waals surface area contributed by atoms with Gasteiger partial charge in [0.1, 0.15) is 5.69 Å². The van der Waals surface area contributed by atoms with E-state index in [4.69, 9.17) is 0 Å². The van der Waals surface area contributed by atoms with Crippen molar-refractivity contribution >= 4 is 44.0 Å². The van der Waals surface area contributed by atoms with Gasteiger partial charge < -0.3 is 4.90 Å². The van der Waals surface area contributed by atoms with Gasteiger partial charge in [0.05, 0.1) is 15.1 Å². The monoisotopic (exact) mass is 479 g/mol. The Morgan fingerprint density at radius 3 is 2.65 bits per heavy atom. The molecular weight excluding hydrogens is 450 g/mol. The zero-order valence-electron chi connectivity index (χ0n) is 19.3. The van der Waals surface area contributed by atoms with Gasteiger partial charge in [0.2, 0.25) is 0 Å². The first kappa shape index (κ1) is 22.7. The highest BCUT2D eigenvalue weighted by Gasteiger charge is 2.24. The Bertz CT molecular complexity index is 1210. The second-order valence-corrected chi connectivity index (χ2v) is 10.4. The fourth-order valence-electron chi connectivity index (χ4n) is 4.80. The van der Waals surface area contributed by atoms with Crippen LogP contribution in [-0.4, -0.2) is 46.9 Å². The van der Waals surface area contributed by atoms with Crippen LogP contribution in [0, 0.1) is 16.0 Å². The van der Waals surface area contributed by atoms with Crippen molar-refractivity contribution in [2.45, 2.75) is 39.2 Å². The summed E-state index contributed by atoms with van der Waals surface area (Å²) in [4.78, 5) is 33.2. The predicted octanol–water partition coefficient (Wildman–Crippen LogP) is 5.29. The van der Waals surface area contributed by atoms with Crippen LogP contribution in [0.25, 0.3) is 10.2 Å². The molecule has 1 amide bonds. The fourth-order valence-corrected chi connectivity index (χ4v) is 5.73. The number of nitro groups is 1. The van der Waals surface area contributed by atoms with Crippen LogP contribution >= 0.6 is 11.3 Å². The number of amides is 1. The minimum absolute atomic E-state index is 0.0319. The number of anilines is 2. The van der Waals surface area contributed by atoms with Crippen LogP contribution in [0.4, 0.5) is 16.5 Å². The highest BCUT2D eigenvalue weighted by molar-refractivity contribution is 7.22. The minimum Gasteiger partial charge on any atom is -0.366 e. The maximum absolute atomic E-state index is 12.9. The number of hydrogen-bond donors (Lipinski definition) is 1. The SMILES string of the molecule is CC1CCN(Cc2ccc3nc(NC(=O)c4ccc(N5CCCC5)c([N+](=O)[O-])c4)sc3c2)CC1. The number of fused-ring (bicyclic) bond motifs is 1. The van der Waals surface area contributed by atoms with Gasteiger partial charge in [-0.2, -0.15) is 0 Å². The number of carbonyl (C=O) groups excluding carboxylic acids is 1. The lowest BCUT2D eigenvalue weighted by Crippen LogP contribution is -2.32. The van der Waals surface area contributed by atoms with E-state index in [-0.39, 0.29) is 11.3 Å². The number of thiazole rings is 1. The molecule has 2 aromatic carbocycles. The van der Waals surface area contributed by atoms with Gasteiger partial charge in [-0.25, -0.2) is 4.98 Å². The molecule has 2 saturated heterocycles. The predicted molar refractivity (Wildman–Crippen MR) is 136 cm³/mol. The molecule has 1 aromatic heterocycles. The zero-order valence-corrected chi connectivity index (χ0v) is 20.1. The van der Waals surface area contributed by atoms with Crippen LogP contribution in [0.2, 0.25) is 0 Å². The van der Waals surface area contributed by atoms with Crippen molar-refractivity contribution in [2.24, 2.45) is 5.92 Å². The summed E-state index contributed by atoms with van der Waals surface area (Å²) in [5.74, 6) is 0.419. The van der Waals surface area contributed by atoms with Crippen LogP contribution < -0.4 is 10.2 Å². The van der Waals surface area contributed by atoms with Gasteiger partial charge >= 0.3 is 0 Å². The second kappa shape index (κ2) is 9.68. The van der Waals surface area contributed by atoms with Crippen molar-refractivity contribution in [2.75, 3.05) is 36.4 Å². The van der Waals surface area contributed by atoms with Gasteiger partial charge in [0.15, 0.2) is 5.13 Å². The van der Waals surface area contributed by atoms with Crippen molar-refractivity contribution in [1.29, 1.82) is 0 Å². The van der Waals surface area contributed by atoms with E-state index < -0.39 is 10.8 Å². The van der Waals surface area contributed by atoms with Crippen LogP contribution in [0.3, 0.4) is 0 Å². The maximum Gasteiger partial charge on any atom is 0.293 e. The molecule has 0 saturated carbocycles. The van der Waals surface area contributed by atoms with Crippen LogP contribution in [0.1, 0.15) is 48.5 Å². The molecule has 1 N–H and O–H groups in total. The normalized spacial score (nSPS) is 17.4.